The average molecular weight is 325 g/mol. The van der Waals surface area contributed by atoms with Gasteiger partial charge in [0.15, 0.2) is 5.82 Å². The van der Waals surface area contributed by atoms with Gasteiger partial charge in [0.1, 0.15) is 0 Å². The van der Waals surface area contributed by atoms with Crippen LogP contribution >= 0.6 is 11.8 Å². The van der Waals surface area contributed by atoms with Crippen molar-refractivity contribution in [2.24, 2.45) is 5.41 Å². The number of aliphatic hydroxyl groups excluding tert-OH is 1. The van der Waals surface area contributed by atoms with Crippen LogP contribution in [0, 0.1) is 12.3 Å². The lowest BCUT2D eigenvalue weighted by Gasteiger charge is -2.42. The standard InChI is InChI=1S/C15H23N3O3S/c1-11-16-13(21-17-11)8-22-9-14(20)18-7-3-6-15(10-18)5-2-4-12(15)19/h12,19H,2-10H2,1H3/t12-,15-/m1/s1. The molecule has 1 aliphatic carbocycles. The fourth-order valence-electron chi connectivity index (χ4n) is 3.68. The molecule has 3 rings (SSSR count). The molecule has 122 valence electrons. The Hall–Kier alpha value is -1.08. The van der Waals surface area contributed by atoms with Gasteiger partial charge in [0.2, 0.25) is 11.8 Å². The molecule has 0 bridgehead atoms. The van der Waals surface area contributed by atoms with E-state index >= 15 is 0 Å². The minimum absolute atomic E-state index is 0.0395. The van der Waals surface area contributed by atoms with E-state index in [9.17, 15) is 9.90 Å². The Bertz CT molecular complexity index is 536. The maximum absolute atomic E-state index is 12.4. The molecule has 1 amide bonds. The van der Waals surface area contributed by atoms with E-state index in [2.05, 4.69) is 10.1 Å². The van der Waals surface area contributed by atoms with Crippen LogP contribution in [0.25, 0.3) is 0 Å². The second-order valence-corrected chi connectivity index (χ2v) is 7.40. The van der Waals surface area contributed by atoms with E-state index in [-0.39, 0.29) is 17.4 Å². The summed E-state index contributed by atoms with van der Waals surface area (Å²) in [6.45, 7) is 3.31. The number of aliphatic hydroxyl groups is 1. The molecule has 2 aliphatic rings. The molecule has 1 N–H and O–H groups in total. The van der Waals surface area contributed by atoms with Crippen LogP contribution in [-0.4, -0.2) is 51.0 Å². The number of hydrogen-bond acceptors (Lipinski definition) is 6. The quantitative estimate of drug-likeness (QED) is 0.909. The normalized spacial score (nSPS) is 28.5. The van der Waals surface area contributed by atoms with Gasteiger partial charge in [0.05, 0.1) is 17.6 Å². The van der Waals surface area contributed by atoms with Gasteiger partial charge in [-0.05, 0) is 32.6 Å². The second kappa shape index (κ2) is 6.58. The first-order chi connectivity index (χ1) is 10.6. The van der Waals surface area contributed by atoms with Gasteiger partial charge in [-0.15, -0.1) is 11.8 Å². The van der Waals surface area contributed by atoms with Crippen molar-refractivity contribution >= 4 is 17.7 Å². The average Bonchev–Trinajstić information content (AvgIpc) is 3.06. The molecule has 1 aromatic rings. The molecule has 1 aromatic heterocycles. The number of carbonyl (C=O) groups is 1. The minimum Gasteiger partial charge on any atom is -0.392 e. The van der Waals surface area contributed by atoms with Gasteiger partial charge < -0.3 is 14.5 Å². The number of carbonyl (C=O) groups excluding carboxylic acids is 1. The lowest BCUT2D eigenvalue weighted by atomic mass is 9.77. The van der Waals surface area contributed by atoms with Crippen LogP contribution in [-0.2, 0) is 10.5 Å². The number of amides is 1. The lowest BCUT2D eigenvalue weighted by molar-refractivity contribution is -0.133. The number of likely N-dealkylation sites (tertiary alicyclic amines) is 1. The molecule has 1 saturated heterocycles. The molecule has 1 spiro atoms. The predicted octanol–water partition coefficient (Wildman–Crippen LogP) is 1.76. The van der Waals surface area contributed by atoms with Crippen molar-refractivity contribution in [2.45, 2.75) is 50.9 Å². The SMILES string of the molecule is Cc1noc(CSCC(=O)N2CCC[C@]3(CCC[C@H]3O)C2)n1. The Morgan fingerprint density at radius 2 is 2.32 bits per heavy atom. The molecule has 6 nitrogen and oxygen atoms in total. The van der Waals surface area contributed by atoms with Crippen LogP contribution in [0.15, 0.2) is 4.52 Å². The van der Waals surface area contributed by atoms with Crippen LogP contribution in [0.3, 0.4) is 0 Å². The summed E-state index contributed by atoms with van der Waals surface area (Å²) in [6, 6.07) is 0. The summed E-state index contributed by atoms with van der Waals surface area (Å²) in [5, 5.41) is 14.0. The number of piperidine rings is 1. The molecule has 1 saturated carbocycles. The van der Waals surface area contributed by atoms with Gasteiger partial charge in [-0.3, -0.25) is 4.79 Å². The molecule has 2 heterocycles. The monoisotopic (exact) mass is 325 g/mol. The zero-order chi connectivity index (χ0) is 15.6. The molecule has 22 heavy (non-hydrogen) atoms. The van der Waals surface area contributed by atoms with Gasteiger partial charge in [0, 0.05) is 18.5 Å². The summed E-state index contributed by atoms with van der Waals surface area (Å²) in [4.78, 5) is 18.5. The topological polar surface area (TPSA) is 79.5 Å². The molecule has 2 fully saturated rings. The van der Waals surface area contributed by atoms with E-state index in [0.29, 0.717) is 29.8 Å². The fraction of sp³-hybridized carbons (Fsp3) is 0.800. The Kier molecular flexibility index (Phi) is 4.73. The summed E-state index contributed by atoms with van der Waals surface area (Å²) in [5.41, 5.74) is -0.0395. The molecule has 7 heteroatoms. The summed E-state index contributed by atoms with van der Waals surface area (Å²) >= 11 is 1.50. The van der Waals surface area contributed by atoms with Gasteiger partial charge in [-0.2, -0.15) is 4.98 Å². The fourth-order valence-corrected chi connectivity index (χ4v) is 4.44. The van der Waals surface area contributed by atoms with Crippen molar-refractivity contribution in [1.82, 2.24) is 15.0 Å². The van der Waals surface area contributed by atoms with Crippen LogP contribution in [0.4, 0.5) is 0 Å². The first kappa shape index (κ1) is 15.8. The predicted molar refractivity (Wildman–Crippen MR) is 83.3 cm³/mol. The molecule has 0 aromatic carbocycles. The Morgan fingerprint density at radius 1 is 1.50 bits per heavy atom. The van der Waals surface area contributed by atoms with Gasteiger partial charge >= 0.3 is 0 Å². The maximum atomic E-state index is 12.4. The number of nitrogens with zero attached hydrogens (tertiary/aromatic N) is 3. The van der Waals surface area contributed by atoms with E-state index in [1.54, 1.807) is 6.92 Å². The van der Waals surface area contributed by atoms with Crippen LogP contribution in [0.2, 0.25) is 0 Å². The van der Waals surface area contributed by atoms with Crippen molar-refractivity contribution in [2.75, 3.05) is 18.8 Å². The van der Waals surface area contributed by atoms with Crippen molar-refractivity contribution in [3.63, 3.8) is 0 Å². The largest absolute Gasteiger partial charge is 0.392 e. The van der Waals surface area contributed by atoms with Gasteiger partial charge in [-0.25, -0.2) is 0 Å². The number of rotatable bonds is 4. The summed E-state index contributed by atoms with van der Waals surface area (Å²) in [7, 11) is 0. The minimum atomic E-state index is -0.239. The zero-order valence-corrected chi connectivity index (χ0v) is 13.8. The number of aromatic nitrogens is 2. The second-order valence-electron chi connectivity index (χ2n) is 6.42. The molecule has 0 radical (unpaired) electrons. The molecule has 2 atom stereocenters. The zero-order valence-electron chi connectivity index (χ0n) is 13.0. The third-order valence-corrected chi connectivity index (χ3v) is 5.74. The summed E-state index contributed by atoms with van der Waals surface area (Å²) < 4.78 is 5.04. The highest BCUT2D eigenvalue weighted by Gasteiger charge is 2.45. The third kappa shape index (κ3) is 3.30. The highest BCUT2D eigenvalue weighted by Crippen LogP contribution is 2.45. The first-order valence-corrected chi connectivity index (χ1v) is 9.07. The number of aryl methyl sites for hydroxylation is 1. The van der Waals surface area contributed by atoms with Crippen molar-refractivity contribution < 1.29 is 14.4 Å². The van der Waals surface area contributed by atoms with Crippen LogP contribution in [0.1, 0.15) is 43.8 Å². The van der Waals surface area contributed by atoms with E-state index in [4.69, 9.17) is 4.52 Å². The van der Waals surface area contributed by atoms with Gasteiger partial charge in [0.25, 0.3) is 0 Å². The molecular weight excluding hydrogens is 302 g/mol. The summed E-state index contributed by atoms with van der Waals surface area (Å²) in [6.07, 6.45) is 4.81. The van der Waals surface area contributed by atoms with E-state index in [1.807, 2.05) is 4.90 Å². The van der Waals surface area contributed by atoms with Crippen LogP contribution in [0.5, 0.6) is 0 Å². The maximum Gasteiger partial charge on any atom is 0.236 e. The summed E-state index contributed by atoms with van der Waals surface area (Å²) in [5.74, 6) is 2.33. The number of hydrogen-bond donors (Lipinski definition) is 1. The third-order valence-electron chi connectivity index (χ3n) is 4.84. The molecule has 1 aliphatic heterocycles. The van der Waals surface area contributed by atoms with E-state index in [0.717, 1.165) is 38.6 Å². The highest BCUT2D eigenvalue weighted by molar-refractivity contribution is 7.99. The molecular formula is C15H23N3O3S. The highest BCUT2D eigenvalue weighted by atomic mass is 32.2. The van der Waals surface area contributed by atoms with E-state index in [1.165, 1.54) is 11.8 Å². The number of thioether (sulfide) groups is 1. The van der Waals surface area contributed by atoms with Crippen molar-refractivity contribution in [1.29, 1.82) is 0 Å². The molecule has 0 unspecified atom stereocenters. The smallest absolute Gasteiger partial charge is 0.236 e. The van der Waals surface area contributed by atoms with Gasteiger partial charge in [-0.1, -0.05) is 11.6 Å². The Morgan fingerprint density at radius 3 is 3.00 bits per heavy atom. The van der Waals surface area contributed by atoms with E-state index < -0.39 is 0 Å². The Labute approximate surface area is 134 Å². The first-order valence-electron chi connectivity index (χ1n) is 7.92. The van der Waals surface area contributed by atoms with Crippen molar-refractivity contribution in [3.8, 4) is 0 Å². The van der Waals surface area contributed by atoms with Crippen LogP contribution < -0.4 is 0 Å². The lowest BCUT2D eigenvalue weighted by Crippen LogP contribution is -2.49. The Balaban J connectivity index is 1.49. The van der Waals surface area contributed by atoms with Crippen molar-refractivity contribution in [3.05, 3.63) is 11.7 Å².